The number of fused-ring (bicyclic) bond motifs is 5. The van der Waals surface area contributed by atoms with Crippen molar-refractivity contribution >= 4 is 60.2 Å². The molecule has 0 aliphatic rings. The van der Waals surface area contributed by atoms with Crippen LogP contribution in [0.3, 0.4) is 0 Å². The van der Waals surface area contributed by atoms with Crippen LogP contribution in [-0.4, -0.2) is 0 Å². The number of hydrogen-bond acceptors (Lipinski definition) is 1. The van der Waals surface area contributed by atoms with Crippen molar-refractivity contribution in [1.29, 1.82) is 0 Å². The van der Waals surface area contributed by atoms with Crippen LogP contribution in [0.15, 0.2) is 188 Å². The van der Waals surface area contributed by atoms with Crippen molar-refractivity contribution in [2.24, 2.45) is 0 Å². The summed E-state index contributed by atoms with van der Waals surface area (Å²) in [6.45, 7) is 0. The Bertz CT molecular complexity index is 2590. The van der Waals surface area contributed by atoms with Gasteiger partial charge in [-0.25, -0.2) is 0 Å². The molecule has 1 heteroatoms. The first-order valence-corrected chi connectivity index (χ1v) is 16.2. The molecule has 9 rings (SSSR count). The fourth-order valence-corrected chi connectivity index (χ4v) is 7.18. The van der Waals surface area contributed by atoms with Gasteiger partial charge in [-0.2, -0.15) is 0 Å². The summed E-state index contributed by atoms with van der Waals surface area (Å²) in [5.41, 5.74) is 8.22. The average molecular weight is 598 g/mol. The molecule has 0 aliphatic carbocycles. The van der Waals surface area contributed by atoms with Gasteiger partial charge in [0.05, 0.1) is 11.4 Å². The number of anilines is 3. The number of rotatable bonds is 5. The molecule has 0 amide bonds. The highest BCUT2D eigenvalue weighted by molar-refractivity contribution is 6.15. The Morgan fingerprint density at radius 3 is 1.74 bits per heavy atom. The second-order valence-electron chi connectivity index (χ2n) is 12.2. The summed E-state index contributed by atoms with van der Waals surface area (Å²) in [7, 11) is 0. The highest BCUT2D eigenvalue weighted by Crippen LogP contribution is 2.46. The van der Waals surface area contributed by atoms with Crippen molar-refractivity contribution in [3.63, 3.8) is 0 Å². The zero-order valence-corrected chi connectivity index (χ0v) is 25.8. The lowest BCUT2D eigenvalue weighted by Gasteiger charge is -2.30. The summed E-state index contributed by atoms with van der Waals surface area (Å²) in [4.78, 5) is 2.45. The van der Waals surface area contributed by atoms with Crippen LogP contribution in [0.25, 0.3) is 65.3 Å². The highest BCUT2D eigenvalue weighted by Gasteiger charge is 2.21. The van der Waals surface area contributed by atoms with Gasteiger partial charge < -0.3 is 4.90 Å². The maximum Gasteiger partial charge on any atom is 0.0540 e. The first-order chi connectivity index (χ1) is 23.3. The minimum atomic E-state index is 1.12. The summed E-state index contributed by atoms with van der Waals surface area (Å²) < 4.78 is 0. The number of para-hydroxylation sites is 1. The second kappa shape index (κ2) is 11.3. The molecule has 0 aliphatic heterocycles. The minimum absolute atomic E-state index is 1.12. The maximum atomic E-state index is 2.45. The lowest BCUT2D eigenvalue weighted by molar-refractivity contribution is 1.30. The van der Waals surface area contributed by atoms with E-state index in [0.717, 1.165) is 17.1 Å². The van der Waals surface area contributed by atoms with E-state index in [1.165, 1.54) is 65.3 Å². The van der Waals surface area contributed by atoms with Crippen LogP contribution in [0.5, 0.6) is 0 Å². The molecule has 0 atom stereocenters. The standard InChI is InChI=1S/C46H31N/c1-2-15-34-29-36(28-27-32(34)13-1)35-18-11-19-38(30-35)47(45-26-12-17-33-14-3-6-21-40(33)45)46-25-10-9-24-43(46)44-31-37-16-4-5-20-39(37)41-22-7-8-23-42(41)44/h1-31H. The van der Waals surface area contributed by atoms with Gasteiger partial charge in [-0.3, -0.25) is 0 Å². The van der Waals surface area contributed by atoms with E-state index in [9.17, 15) is 0 Å². The van der Waals surface area contributed by atoms with Crippen molar-refractivity contribution in [2.75, 3.05) is 4.90 Å². The first kappa shape index (κ1) is 27.2. The van der Waals surface area contributed by atoms with Gasteiger partial charge in [-0.05, 0) is 90.8 Å². The van der Waals surface area contributed by atoms with E-state index >= 15 is 0 Å². The summed E-state index contributed by atoms with van der Waals surface area (Å²) in [5, 5.41) is 9.96. The summed E-state index contributed by atoms with van der Waals surface area (Å²) >= 11 is 0. The topological polar surface area (TPSA) is 3.24 Å². The van der Waals surface area contributed by atoms with Gasteiger partial charge in [0.25, 0.3) is 0 Å². The molecule has 0 spiro atoms. The quantitative estimate of drug-likeness (QED) is 0.178. The molecule has 9 aromatic rings. The molecule has 0 N–H and O–H groups in total. The van der Waals surface area contributed by atoms with Gasteiger partial charge in [0.1, 0.15) is 0 Å². The molecular weight excluding hydrogens is 567 g/mol. The van der Waals surface area contributed by atoms with E-state index in [1.54, 1.807) is 0 Å². The smallest absolute Gasteiger partial charge is 0.0540 e. The Morgan fingerprint density at radius 1 is 0.277 bits per heavy atom. The predicted octanol–water partition coefficient (Wildman–Crippen LogP) is 13.1. The van der Waals surface area contributed by atoms with Gasteiger partial charge in [0.2, 0.25) is 0 Å². The SMILES string of the molecule is c1cc(-c2ccc3ccccc3c2)cc(N(c2ccccc2-c2cc3ccccc3c3ccccc23)c2cccc3ccccc23)c1. The van der Waals surface area contributed by atoms with Gasteiger partial charge in [0, 0.05) is 16.6 Å². The lowest BCUT2D eigenvalue weighted by atomic mass is 9.92. The molecule has 0 heterocycles. The molecule has 0 bridgehead atoms. The molecule has 0 saturated carbocycles. The average Bonchev–Trinajstić information content (AvgIpc) is 3.15. The molecular formula is C46H31N. The van der Waals surface area contributed by atoms with Crippen LogP contribution in [0, 0.1) is 0 Å². The van der Waals surface area contributed by atoms with E-state index in [0.29, 0.717) is 0 Å². The number of hydrogen-bond donors (Lipinski definition) is 0. The Kier molecular flexibility index (Phi) is 6.54. The third-order valence-corrected chi connectivity index (χ3v) is 9.40. The molecule has 0 aromatic heterocycles. The molecule has 0 unspecified atom stereocenters. The lowest BCUT2D eigenvalue weighted by Crippen LogP contribution is -2.12. The van der Waals surface area contributed by atoms with Crippen LogP contribution < -0.4 is 4.90 Å². The van der Waals surface area contributed by atoms with Crippen LogP contribution in [0.4, 0.5) is 17.1 Å². The Balaban J connectivity index is 1.31. The fourth-order valence-electron chi connectivity index (χ4n) is 7.18. The molecule has 0 fully saturated rings. The first-order valence-electron chi connectivity index (χ1n) is 16.2. The Labute approximate surface area is 274 Å². The molecule has 9 aromatic carbocycles. The highest BCUT2D eigenvalue weighted by atomic mass is 15.1. The van der Waals surface area contributed by atoms with Crippen LogP contribution >= 0.6 is 0 Å². The van der Waals surface area contributed by atoms with Gasteiger partial charge in [0.15, 0.2) is 0 Å². The van der Waals surface area contributed by atoms with Crippen molar-refractivity contribution in [3.05, 3.63) is 188 Å². The molecule has 220 valence electrons. The van der Waals surface area contributed by atoms with Crippen molar-refractivity contribution in [1.82, 2.24) is 0 Å². The Morgan fingerprint density at radius 2 is 0.872 bits per heavy atom. The minimum Gasteiger partial charge on any atom is -0.309 e. The third kappa shape index (κ3) is 4.72. The van der Waals surface area contributed by atoms with E-state index in [2.05, 4.69) is 193 Å². The van der Waals surface area contributed by atoms with Crippen LogP contribution in [0.2, 0.25) is 0 Å². The van der Waals surface area contributed by atoms with Gasteiger partial charge in [-0.1, -0.05) is 152 Å². The van der Waals surface area contributed by atoms with E-state index in [1.807, 2.05) is 0 Å². The number of nitrogens with zero attached hydrogens (tertiary/aromatic N) is 1. The summed E-state index contributed by atoms with van der Waals surface area (Å²) in [5.74, 6) is 0. The molecule has 47 heavy (non-hydrogen) atoms. The fraction of sp³-hybridized carbons (Fsp3) is 0. The largest absolute Gasteiger partial charge is 0.309 e. The molecule has 1 nitrogen and oxygen atoms in total. The summed E-state index contributed by atoms with van der Waals surface area (Å²) in [6, 6.07) is 68.4. The van der Waals surface area contributed by atoms with Crippen LogP contribution in [-0.2, 0) is 0 Å². The zero-order chi connectivity index (χ0) is 31.2. The summed E-state index contributed by atoms with van der Waals surface area (Å²) in [6.07, 6.45) is 0. The molecule has 0 radical (unpaired) electrons. The zero-order valence-electron chi connectivity index (χ0n) is 25.8. The van der Waals surface area contributed by atoms with E-state index < -0.39 is 0 Å². The van der Waals surface area contributed by atoms with Gasteiger partial charge in [-0.15, -0.1) is 0 Å². The normalized spacial score (nSPS) is 11.4. The molecule has 0 saturated heterocycles. The Hall–Kier alpha value is -6.18. The van der Waals surface area contributed by atoms with Crippen molar-refractivity contribution < 1.29 is 0 Å². The predicted molar refractivity (Wildman–Crippen MR) is 202 cm³/mol. The monoisotopic (exact) mass is 597 g/mol. The second-order valence-corrected chi connectivity index (χ2v) is 12.2. The van der Waals surface area contributed by atoms with Gasteiger partial charge >= 0.3 is 0 Å². The van der Waals surface area contributed by atoms with E-state index in [4.69, 9.17) is 0 Å². The van der Waals surface area contributed by atoms with Crippen molar-refractivity contribution in [3.8, 4) is 22.3 Å². The third-order valence-electron chi connectivity index (χ3n) is 9.40. The van der Waals surface area contributed by atoms with Crippen LogP contribution in [0.1, 0.15) is 0 Å². The maximum absolute atomic E-state index is 2.45. The van der Waals surface area contributed by atoms with Crippen molar-refractivity contribution in [2.45, 2.75) is 0 Å². The number of benzene rings is 9. The van der Waals surface area contributed by atoms with E-state index in [-0.39, 0.29) is 0 Å².